The zero-order valence-corrected chi connectivity index (χ0v) is 11.1. The maximum absolute atomic E-state index is 11.7. The Kier molecular flexibility index (Phi) is 3.93. The molecule has 6 heteroatoms. The first-order chi connectivity index (χ1) is 8.97. The Morgan fingerprint density at radius 3 is 2.63 bits per heavy atom. The van der Waals surface area contributed by atoms with Gasteiger partial charge in [0.25, 0.3) is 5.56 Å². The molecule has 98 valence electrons. The number of pyridine rings is 1. The lowest BCUT2D eigenvalue weighted by Crippen LogP contribution is -2.20. The summed E-state index contributed by atoms with van der Waals surface area (Å²) in [6.07, 6.45) is 1.28. The normalized spacial score (nSPS) is 10.4. The third-order valence-corrected chi connectivity index (χ3v) is 3.18. The van der Waals surface area contributed by atoms with Crippen LogP contribution in [0.3, 0.4) is 0 Å². The first-order valence-electron chi connectivity index (χ1n) is 5.35. The highest BCUT2D eigenvalue weighted by molar-refractivity contribution is 6.33. The van der Waals surface area contributed by atoms with E-state index >= 15 is 0 Å². The Morgan fingerprint density at radius 1 is 1.21 bits per heavy atom. The quantitative estimate of drug-likeness (QED) is 0.947. The molecule has 1 aromatic heterocycles. The maximum atomic E-state index is 11.7. The molecule has 4 nitrogen and oxygen atoms in total. The lowest BCUT2D eigenvalue weighted by atomic mass is 10.2. The summed E-state index contributed by atoms with van der Waals surface area (Å²) in [7, 11) is 0. The van der Waals surface area contributed by atoms with Crippen molar-refractivity contribution in [2.45, 2.75) is 6.54 Å². The second kappa shape index (κ2) is 5.47. The molecule has 0 radical (unpaired) electrons. The molecule has 0 aliphatic carbocycles. The molecule has 0 spiro atoms. The zero-order chi connectivity index (χ0) is 14.0. The van der Waals surface area contributed by atoms with Crippen LogP contribution in [0.15, 0.2) is 41.3 Å². The SMILES string of the molecule is O=C(O)c1ccc(=O)n(Cc2cc(Cl)ccc2Cl)c1. The molecular formula is C13H9Cl2NO3. The Labute approximate surface area is 118 Å². The predicted molar refractivity (Wildman–Crippen MR) is 73.2 cm³/mol. The van der Waals surface area contributed by atoms with E-state index in [1.165, 1.54) is 22.9 Å². The Bertz CT molecular complexity index is 695. The van der Waals surface area contributed by atoms with Gasteiger partial charge in [-0.25, -0.2) is 4.79 Å². The van der Waals surface area contributed by atoms with Crippen molar-refractivity contribution in [2.24, 2.45) is 0 Å². The number of benzene rings is 1. The molecule has 1 N–H and O–H groups in total. The zero-order valence-electron chi connectivity index (χ0n) is 9.64. The molecule has 0 amide bonds. The number of hydrogen-bond donors (Lipinski definition) is 1. The van der Waals surface area contributed by atoms with E-state index in [2.05, 4.69) is 0 Å². The highest BCUT2D eigenvalue weighted by Gasteiger charge is 2.08. The summed E-state index contributed by atoms with van der Waals surface area (Å²) in [5.41, 5.74) is 0.387. The van der Waals surface area contributed by atoms with E-state index in [9.17, 15) is 9.59 Å². The molecule has 19 heavy (non-hydrogen) atoms. The molecule has 0 unspecified atom stereocenters. The van der Waals surface area contributed by atoms with E-state index < -0.39 is 5.97 Å². The van der Waals surface area contributed by atoms with Crippen molar-refractivity contribution in [2.75, 3.05) is 0 Å². The summed E-state index contributed by atoms with van der Waals surface area (Å²) < 4.78 is 1.28. The van der Waals surface area contributed by atoms with Crippen LogP contribution in [-0.2, 0) is 6.54 Å². The smallest absolute Gasteiger partial charge is 0.337 e. The number of rotatable bonds is 3. The predicted octanol–water partition coefficient (Wildman–Crippen LogP) is 2.90. The molecule has 1 heterocycles. The van der Waals surface area contributed by atoms with Gasteiger partial charge in [-0.2, -0.15) is 0 Å². The van der Waals surface area contributed by atoms with Crippen LogP contribution >= 0.6 is 23.2 Å². The molecule has 0 bridgehead atoms. The van der Waals surface area contributed by atoms with Crippen molar-refractivity contribution in [1.82, 2.24) is 4.57 Å². The summed E-state index contributed by atoms with van der Waals surface area (Å²) >= 11 is 11.9. The third kappa shape index (κ3) is 3.16. The minimum absolute atomic E-state index is 0.0396. The van der Waals surface area contributed by atoms with Crippen LogP contribution in [0.4, 0.5) is 0 Å². The number of carboxylic acid groups (broad SMARTS) is 1. The van der Waals surface area contributed by atoms with E-state index in [0.717, 1.165) is 0 Å². The first kappa shape index (κ1) is 13.6. The highest BCUT2D eigenvalue weighted by Crippen LogP contribution is 2.21. The molecular weight excluding hydrogens is 289 g/mol. The van der Waals surface area contributed by atoms with Gasteiger partial charge in [0.2, 0.25) is 0 Å². The minimum atomic E-state index is -1.09. The second-order valence-corrected chi connectivity index (χ2v) is 4.77. The van der Waals surface area contributed by atoms with Gasteiger partial charge in [0.1, 0.15) is 0 Å². The van der Waals surface area contributed by atoms with Crippen molar-refractivity contribution >= 4 is 29.2 Å². The van der Waals surface area contributed by atoms with Crippen molar-refractivity contribution in [1.29, 1.82) is 0 Å². The first-order valence-corrected chi connectivity index (χ1v) is 6.10. The van der Waals surface area contributed by atoms with E-state index in [-0.39, 0.29) is 17.7 Å². The van der Waals surface area contributed by atoms with Crippen molar-refractivity contribution in [3.63, 3.8) is 0 Å². The van der Waals surface area contributed by atoms with Gasteiger partial charge < -0.3 is 9.67 Å². The van der Waals surface area contributed by atoms with E-state index in [4.69, 9.17) is 28.3 Å². The maximum Gasteiger partial charge on any atom is 0.337 e. The number of nitrogens with zero attached hydrogens (tertiary/aromatic N) is 1. The van der Waals surface area contributed by atoms with Gasteiger partial charge in [-0.05, 0) is 29.8 Å². The van der Waals surface area contributed by atoms with Gasteiger partial charge in [-0.15, -0.1) is 0 Å². The standard InChI is InChI=1S/C13H9Cl2NO3/c14-10-2-3-11(15)9(5-10)7-16-6-8(13(18)19)1-4-12(16)17/h1-6H,7H2,(H,18,19). The number of hydrogen-bond acceptors (Lipinski definition) is 2. The Hall–Kier alpha value is -1.78. The minimum Gasteiger partial charge on any atom is -0.478 e. The van der Waals surface area contributed by atoms with Crippen LogP contribution in [0.5, 0.6) is 0 Å². The van der Waals surface area contributed by atoms with Gasteiger partial charge in [0.05, 0.1) is 12.1 Å². The summed E-state index contributed by atoms with van der Waals surface area (Å²) in [4.78, 5) is 22.6. The second-order valence-electron chi connectivity index (χ2n) is 3.92. The molecule has 0 atom stereocenters. The average Bonchev–Trinajstić information content (AvgIpc) is 2.36. The highest BCUT2D eigenvalue weighted by atomic mass is 35.5. The summed E-state index contributed by atoms with van der Waals surface area (Å²) in [6.45, 7) is 0.166. The van der Waals surface area contributed by atoms with Gasteiger partial charge in [0.15, 0.2) is 0 Å². The third-order valence-electron chi connectivity index (χ3n) is 2.58. The molecule has 0 saturated heterocycles. The van der Waals surface area contributed by atoms with E-state index in [0.29, 0.717) is 15.6 Å². The average molecular weight is 298 g/mol. The van der Waals surface area contributed by atoms with Crippen LogP contribution < -0.4 is 5.56 Å². The number of aromatic carboxylic acids is 1. The van der Waals surface area contributed by atoms with Crippen LogP contribution in [0, 0.1) is 0 Å². The molecule has 0 aliphatic rings. The Balaban J connectivity index is 2.43. The fourth-order valence-electron chi connectivity index (χ4n) is 1.63. The molecule has 2 aromatic rings. The number of halogens is 2. The van der Waals surface area contributed by atoms with Crippen LogP contribution in [0.1, 0.15) is 15.9 Å². The van der Waals surface area contributed by atoms with Crippen LogP contribution in [-0.4, -0.2) is 15.6 Å². The van der Waals surface area contributed by atoms with Gasteiger partial charge in [0, 0.05) is 22.3 Å². The number of carboxylic acids is 1. The fraction of sp³-hybridized carbons (Fsp3) is 0.0769. The van der Waals surface area contributed by atoms with Crippen LogP contribution in [0.2, 0.25) is 10.0 Å². The van der Waals surface area contributed by atoms with Gasteiger partial charge in [-0.3, -0.25) is 4.79 Å². The summed E-state index contributed by atoms with van der Waals surface area (Å²) in [5, 5.41) is 9.87. The number of aromatic nitrogens is 1. The lowest BCUT2D eigenvalue weighted by Gasteiger charge is -2.08. The lowest BCUT2D eigenvalue weighted by molar-refractivity contribution is 0.0696. The topological polar surface area (TPSA) is 59.3 Å². The van der Waals surface area contributed by atoms with Crippen molar-refractivity contribution in [3.8, 4) is 0 Å². The van der Waals surface area contributed by atoms with Crippen molar-refractivity contribution in [3.05, 3.63) is 68.1 Å². The fourth-order valence-corrected chi connectivity index (χ4v) is 2.00. The summed E-state index contributed by atoms with van der Waals surface area (Å²) in [6, 6.07) is 7.39. The van der Waals surface area contributed by atoms with E-state index in [1.54, 1.807) is 18.2 Å². The largest absolute Gasteiger partial charge is 0.478 e. The van der Waals surface area contributed by atoms with Crippen LogP contribution in [0.25, 0.3) is 0 Å². The van der Waals surface area contributed by atoms with Gasteiger partial charge >= 0.3 is 5.97 Å². The Morgan fingerprint density at radius 2 is 1.95 bits per heavy atom. The number of carbonyl (C=O) groups is 1. The molecule has 0 saturated carbocycles. The van der Waals surface area contributed by atoms with E-state index in [1.807, 2.05) is 0 Å². The molecule has 0 fully saturated rings. The molecule has 1 aromatic carbocycles. The monoisotopic (exact) mass is 297 g/mol. The summed E-state index contributed by atoms with van der Waals surface area (Å²) in [5.74, 6) is -1.09. The van der Waals surface area contributed by atoms with Crippen molar-refractivity contribution < 1.29 is 9.90 Å². The van der Waals surface area contributed by atoms with Gasteiger partial charge in [-0.1, -0.05) is 23.2 Å². The molecule has 2 rings (SSSR count). The molecule has 0 aliphatic heterocycles.